The summed E-state index contributed by atoms with van der Waals surface area (Å²) in [6, 6.07) is 7.86. The van der Waals surface area contributed by atoms with Gasteiger partial charge in [0.25, 0.3) is 0 Å². The van der Waals surface area contributed by atoms with Crippen molar-refractivity contribution in [1.29, 1.82) is 0 Å². The summed E-state index contributed by atoms with van der Waals surface area (Å²) in [5.41, 5.74) is 2.72. The first kappa shape index (κ1) is 26.6. The maximum Gasteiger partial charge on any atom is 0.192 e. The number of benzene rings is 1. The van der Waals surface area contributed by atoms with Crippen LogP contribution in [0.2, 0.25) is 18.1 Å². The molecule has 0 radical (unpaired) electrons. The van der Waals surface area contributed by atoms with Crippen molar-refractivity contribution < 1.29 is 13.7 Å². The van der Waals surface area contributed by atoms with Crippen LogP contribution in [-0.2, 0) is 28.8 Å². The van der Waals surface area contributed by atoms with Crippen LogP contribution in [0.25, 0.3) is 0 Å². The normalized spacial score (nSPS) is 14.5. The van der Waals surface area contributed by atoms with Gasteiger partial charge in [0, 0.05) is 18.2 Å². The third-order valence-corrected chi connectivity index (χ3v) is 11.8. The van der Waals surface area contributed by atoms with Crippen LogP contribution in [0.5, 0.6) is 5.75 Å². The van der Waals surface area contributed by atoms with Crippen molar-refractivity contribution in [3.63, 3.8) is 0 Å². The SMILES string of the molecule is COc1ccc(C/C(=N\[S@+]([O-])C(C)(C)C)c2cnn(CCO[Si](C)(C)C(C)(C)C)c2)cc1. The van der Waals surface area contributed by atoms with Gasteiger partial charge in [-0.05, 0) is 56.6 Å². The highest BCUT2D eigenvalue weighted by molar-refractivity contribution is 7.91. The Hall–Kier alpha value is -1.61. The van der Waals surface area contributed by atoms with Crippen LogP contribution in [0.15, 0.2) is 41.1 Å². The Labute approximate surface area is 197 Å². The summed E-state index contributed by atoms with van der Waals surface area (Å²) in [6.07, 6.45) is 4.34. The fourth-order valence-corrected chi connectivity index (χ4v) is 4.29. The number of aromatic nitrogens is 2. The zero-order valence-electron chi connectivity index (χ0n) is 21.1. The Balaban J connectivity index is 2.19. The van der Waals surface area contributed by atoms with Gasteiger partial charge in [-0.15, -0.1) is 0 Å². The standard InChI is InChI=1S/C24H39N3O3SSi/c1-23(2,3)31(28)26-22(16-19-10-12-21(29-7)13-11-19)20-17-25-27(18-20)14-15-30-32(8,9)24(4,5)6/h10-13,17-18H,14-16H2,1-9H3/b26-22+/t31-/m1/s1. The van der Waals surface area contributed by atoms with Gasteiger partial charge in [0.2, 0.25) is 0 Å². The number of methoxy groups -OCH3 is 1. The molecule has 1 aromatic carbocycles. The number of hydrogen-bond donors (Lipinski definition) is 0. The third-order valence-electron chi connectivity index (χ3n) is 5.80. The maximum atomic E-state index is 12.8. The maximum absolute atomic E-state index is 12.8. The first-order valence-corrected chi connectivity index (χ1v) is 15.0. The molecule has 0 amide bonds. The van der Waals surface area contributed by atoms with Crippen molar-refractivity contribution in [2.24, 2.45) is 4.40 Å². The molecule has 0 aliphatic rings. The molecule has 0 bridgehead atoms. The fourth-order valence-electron chi connectivity index (χ4n) is 2.61. The lowest BCUT2D eigenvalue weighted by atomic mass is 10.0. The largest absolute Gasteiger partial charge is 0.591 e. The molecular formula is C24H39N3O3SSi. The van der Waals surface area contributed by atoms with Gasteiger partial charge in [0.15, 0.2) is 8.32 Å². The minimum atomic E-state index is -1.79. The molecule has 0 aliphatic heterocycles. The smallest absolute Gasteiger partial charge is 0.192 e. The van der Waals surface area contributed by atoms with Crippen LogP contribution < -0.4 is 4.74 Å². The molecule has 0 spiro atoms. The van der Waals surface area contributed by atoms with Gasteiger partial charge in [-0.1, -0.05) is 37.3 Å². The minimum Gasteiger partial charge on any atom is -0.591 e. The van der Waals surface area contributed by atoms with Crippen LogP contribution in [0.4, 0.5) is 0 Å². The van der Waals surface area contributed by atoms with Crippen LogP contribution in [0.1, 0.15) is 52.7 Å². The van der Waals surface area contributed by atoms with Crippen LogP contribution in [0.3, 0.4) is 0 Å². The van der Waals surface area contributed by atoms with E-state index in [-0.39, 0.29) is 5.04 Å². The minimum absolute atomic E-state index is 0.178. The van der Waals surface area contributed by atoms with Crippen molar-refractivity contribution in [2.75, 3.05) is 13.7 Å². The van der Waals surface area contributed by atoms with E-state index in [0.717, 1.165) is 22.6 Å². The average Bonchev–Trinajstić information content (AvgIpc) is 3.15. The first-order chi connectivity index (χ1) is 14.7. The van der Waals surface area contributed by atoms with Crippen LogP contribution in [0, 0.1) is 0 Å². The summed E-state index contributed by atoms with van der Waals surface area (Å²) >= 11 is -1.36. The average molecular weight is 478 g/mol. The van der Waals surface area contributed by atoms with Gasteiger partial charge in [-0.2, -0.15) is 5.10 Å². The second-order valence-corrected chi connectivity index (χ2v) is 17.2. The Morgan fingerprint density at radius 1 is 1.12 bits per heavy atom. The van der Waals surface area contributed by atoms with Crippen molar-refractivity contribution in [3.05, 3.63) is 47.8 Å². The zero-order chi connectivity index (χ0) is 24.2. The molecule has 2 rings (SSSR count). The summed E-state index contributed by atoms with van der Waals surface area (Å²) in [5.74, 6) is 0.806. The molecule has 1 aromatic heterocycles. The van der Waals surface area contributed by atoms with E-state index in [4.69, 9.17) is 9.16 Å². The Bertz CT molecular complexity index is 896. The molecule has 32 heavy (non-hydrogen) atoms. The summed E-state index contributed by atoms with van der Waals surface area (Å²) in [5, 5.41) is 4.69. The zero-order valence-corrected chi connectivity index (χ0v) is 22.9. The second-order valence-electron chi connectivity index (χ2n) is 10.5. The van der Waals surface area contributed by atoms with Gasteiger partial charge in [-0.25, -0.2) is 0 Å². The highest BCUT2D eigenvalue weighted by Gasteiger charge is 2.37. The number of ether oxygens (including phenoxy) is 1. The Morgan fingerprint density at radius 3 is 2.28 bits per heavy atom. The predicted molar refractivity (Wildman–Crippen MR) is 137 cm³/mol. The molecule has 2 aromatic rings. The first-order valence-electron chi connectivity index (χ1n) is 11.0. The van der Waals surface area contributed by atoms with E-state index < -0.39 is 24.4 Å². The van der Waals surface area contributed by atoms with Crippen molar-refractivity contribution in [1.82, 2.24) is 9.78 Å². The predicted octanol–water partition coefficient (Wildman–Crippen LogP) is 5.41. The Kier molecular flexibility index (Phi) is 8.78. The molecule has 0 saturated heterocycles. The molecule has 178 valence electrons. The van der Waals surface area contributed by atoms with Gasteiger partial charge in [0.05, 0.1) is 26.5 Å². The fraction of sp³-hybridized carbons (Fsp3) is 0.583. The van der Waals surface area contributed by atoms with Crippen molar-refractivity contribution >= 4 is 25.4 Å². The quantitative estimate of drug-likeness (QED) is 0.275. The monoisotopic (exact) mass is 477 g/mol. The highest BCUT2D eigenvalue weighted by atomic mass is 32.2. The molecule has 8 heteroatoms. The lowest BCUT2D eigenvalue weighted by molar-refractivity contribution is 0.266. The van der Waals surface area contributed by atoms with E-state index >= 15 is 0 Å². The molecule has 0 aliphatic carbocycles. The third kappa shape index (κ3) is 7.47. The van der Waals surface area contributed by atoms with Crippen LogP contribution in [-0.4, -0.2) is 46.8 Å². The van der Waals surface area contributed by atoms with Gasteiger partial charge < -0.3 is 13.7 Å². The number of hydrogen-bond acceptors (Lipinski definition) is 5. The molecule has 0 saturated carbocycles. The van der Waals surface area contributed by atoms with Gasteiger partial charge in [-0.3, -0.25) is 4.68 Å². The molecule has 6 nitrogen and oxygen atoms in total. The molecule has 1 heterocycles. The molecule has 0 fully saturated rings. The topological polar surface area (TPSA) is 71.7 Å². The lowest BCUT2D eigenvalue weighted by Crippen LogP contribution is -2.41. The molecular weight excluding hydrogens is 438 g/mol. The summed E-state index contributed by atoms with van der Waals surface area (Å²) in [6.45, 7) is 18.3. The lowest BCUT2D eigenvalue weighted by Gasteiger charge is -2.36. The van der Waals surface area contributed by atoms with E-state index in [1.54, 1.807) is 13.3 Å². The number of rotatable bonds is 9. The van der Waals surface area contributed by atoms with Crippen LogP contribution >= 0.6 is 0 Å². The summed E-state index contributed by atoms with van der Waals surface area (Å²) in [4.78, 5) is 0. The van der Waals surface area contributed by atoms with E-state index in [2.05, 4.69) is 43.4 Å². The highest BCUT2D eigenvalue weighted by Crippen LogP contribution is 2.36. The summed E-state index contributed by atoms with van der Waals surface area (Å²) in [7, 11) is -0.140. The Morgan fingerprint density at radius 2 is 1.75 bits per heavy atom. The van der Waals surface area contributed by atoms with Gasteiger partial charge >= 0.3 is 0 Å². The van der Waals surface area contributed by atoms with E-state index in [0.29, 0.717) is 19.6 Å². The van der Waals surface area contributed by atoms with E-state index in [1.807, 2.05) is 55.9 Å². The van der Waals surface area contributed by atoms with E-state index in [1.165, 1.54) is 0 Å². The number of nitrogens with zero attached hydrogens (tertiary/aromatic N) is 3. The molecule has 0 N–H and O–H groups in total. The van der Waals surface area contributed by atoms with Crippen molar-refractivity contribution in [3.8, 4) is 5.75 Å². The molecule has 1 atom stereocenters. The molecule has 0 unspecified atom stereocenters. The summed E-state index contributed by atoms with van der Waals surface area (Å²) < 4.78 is 30.4. The van der Waals surface area contributed by atoms with Crippen molar-refractivity contribution in [2.45, 2.75) is 77.4 Å². The van der Waals surface area contributed by atoms with E-state index in [9.17, 15) is 4.55 Å². The van der Waals surface area contributed by atoms with Gasteiger partial charge in [0.1, 0.15) is 27.6 Å². The second kappa shape index (κ2) is 10.5.